The maximum atomic E-state index is 11.2. The van der Waals surface area contributed by atoms with Crippen LogP contribution in [0.2, 0.25) is 0 Å². The number of carbonyl (C=O) groups excluding carboxylic acids is 2. The van der Waals surface area contributed by atoms with Crippen LogP contribution in [0.4, 0.5) is 0 Å². The van der Waals surface area contributed by atoms with E-state index in [2.05, 4.69) is 0 Å². The molecule has 1 aromatic carbocycles. The van der Waals surface area contributed by atoms with Gasteiger partial charge in [-0.2, -0.15) is 0 Å². The van der Waals surface area contributed by atoms with E-state index in [0.29, 0.717) is 0 Å². The quantitative estimate of drug-likeness (QED) is 0.401. The van der Waals surface area contributed by atoms with Crippen LogP contribution in [0.3, 0.4) is 0 Å². The molecule has 21 heavy (non-hydrogen) atoms. The van der Waals surface area contributed by atoms with Gasteiger partial charge in [0.05, 0.1) is 11.9 Å². The van der Waals surface area contributed by atoms with E-state index in [4.69, 9.17) is 0 Å². The standard InChI is InChI=1S/C15H18O4.2Na/c1-9(2)13(15(18)19)12(14(16)17)8-11-7-5-4-6-10(11)3;;/h4-7,9H,8H2,1-3H3,(H,16,17)(H,18,19);;/q;2*+1/p-2. The Morgan fingerprint density at radius 2 is 1.57 bits per heavy atom. The number of benzene rings is 1. The molecule has 102 valence electrons. The minimum Gasteiger partial charge on any atom is -0.545 e. The summed E-state index contributed by atoms with van der Waals surface area (Å²) in [5, 5.41) is 22.3. The van der Waals surface area contributed by atoms with Gasteiger partial charge in [0, 0.05) is 0 Å². The van der Waals surface area contributed by atoms with Crippen LogP contribution in [0.1, 0.15) is 25.0 Å². The molecule has 0 aromatic heterocycles. The SMILES string of the molecule is Cc1ccccc1CC(C(=O)[O-])=C(C(=O)[O-])C(C)C.[Na+].[Na+]. The number of carbonyl (C=O) groups is 2. The average Bonchev–Trinajstić information content (AvgIpc) is 2.29. The molecule has 0 spiro atoms. The molecule has 0 fully saturated rings. The van der Waals surface area contributed by atoms with E-state index in [1.165, 1.54) is 0 Å². The molecular formula is C15H16Na2O4. The smallest absolute Gasteiger partial charge is 0.545 e. The third-order valence-corrected chi connectivity index (χ3v) is 3.00. The van der Waals surface area contributed by atoms with E-state index in [1.807, 2.05) is 19.1 Å². The van der Waals surface area contributed by atoms with Crippen molar-refractivity contribution in [1.82, 2.24) is 0 Å². The van der Waals surface area contributed by atoms with Gasteiger partial charge in [-0.3, -0.25) is 0 Å². The van der Waals surface area contributed by atoms with Crippen molar-refractivity contribution < 1.29 is 78.9 Å². The molecule has 0 N–H and O–H groups in total. The van der Waals surface area contributed by atoms with Gasteiger partial charge >= 0.3 is 59.1 Å². The van der Waals surface area contributed by atoms with Gasteiger partial charge in [0.2, 0.25) is 0 Å². The van der Waals surface area contributed by atoms with Crippen LogP contribution in [0.15, 0.2) is 35.4 Å². The molecule has 0 aliphatic heterocycles. The van der Waals surface area contributed by atoms with Crippen molar-refractivity contribution in [2.75, 3.05) is 0 Å². The number of carboxylic acid groups (broad SMARTS) is 2. The van der Waals surface area contributed by atoms with Gasteiger partial charge in [-0.1, -0.05) is 38.1 Å². The molecule has 1 aromatic rings. The number of rotatable bonds is 5. The van der Waals surface area contributed by atoms with Crippen LogP contribution in [-0.2, 0) is 16.0 Å². The van der Waals surface area contributed by atoms with Crippen LogP contribution in [0.25, 0.3) is 0 Å². The van der Waals surface area contributed by atoms with E-state index in [0.717, 1.165) is 11.1 Å². The Morgan fingerprint density at radius 3 is 1.95 bits per heavy atom. The van der Waals surface area contributed by atoms with E-state index in [1.54, 1.807) is 26.0 Å². The molecule has 0 unspecified atom stereocenters. The number of hydrogen-bond donors (Lipinski definition) is 0. The molecule has 0 aliphatic carbocycles. The summed E-state index contributed by atoms with van der Waals surface area (Å²) >= 11 is 0. The fourth-order valence-corrected chi connectivity index (χ4v) is 1.98. The molecule has 0 radical (unpaired) electrons. The van der Waals surface area contributed by atoms with Crippen molar-refractivity contribution in [2.24, 2.45) is 5.92 Å². The van der Waals surface area contributed by atoms with E-state index in [-0.39, 0.29) is 76.7 Å². The fraction of sp³-hybridized carbons (Fsp3) is 0.333. The van der Waals surface area contributed by atoms with Crippen molar-refractivity contribution >= 4 is 11.9 Å². The van der Waals surface area contributed by atoms with Crippen molar-refractivity contribution in [1.29, 1.82) is 0 Å². The Bertz CT molecular complexity index is 536. The minimum atomic E-state index is -1.46. The van der Waals surface area contributed by atoms with Gasteiger partial charge in [-0.05, 0) is 41.5 Å². The third kappa shape index (κ3) is 6.68. The van der Waals surface area contributed by atoms with Crippen molar-refractivity contribution in [3.63, 3.8) is 0 Å². The molecule has 4 nitrogen and oxygen atoms in total. The molecule has 0 bridgehead atoms. The molecule has 0 aliphatic rings. The molecule has 1 rings (SSSR count). The van der Waals surface area contributed by atoms with Gasteiger partial charge in [-0.25, -0.2) is 0 Å². The van der Waals surface area contributed by atoms with Crippen LogP contribution in [0.5, 0.6) is 0 Å². The second-order valence-corrected chi connectivity index (χ2v) is 4.73. The summed E-state index contributed by atoms with van der Waals surface area (Å²) in [7, 11) is 0. The number of aryl methyl sites for hydroxylation is 1. The average molecular weight is 306 g/mol. The first-order valence-electron chi connectivity index (χ1n) is 6.04. The Hall–Kier alpha value is -0.1000. The zero-order valence-electron chi connectivity index (χ0n) is 13.2. The summed E-state index contributed by atoms with van der Waals surface area (Å²) in [6.07, 6.45) is 0.0243. The molecule has 6 heteroatoms. The van der Waals surface area contributed by atoms with Gasteiger partial charge in [0.1, 0.15) is 0 Å². The summed E-state index contributed by atoms with van der Waals surface area (Å²) in [5.74, 6) is -3.36. The van der Waals surface area contributed by atoms with Crippen LogP contribution >= 0.6 is 0 Å². The van der Waals surface area contributed by atoms with Gasteiger partial charge in [0.15, 0.2) is 0 Å². The number of carboxylic acids is 2. The van der Waals surface area contributed by atoms with E-state index >= 15 is 0 Å². The first-order chi connectivity index (χ1) is 8.84. The molecule has 0 heterocycles. The second-order valence-electron chi connectivity index (χ2n) is 4.73. The summed E-state index contributed by atoms with van der Waals surface area (Å²) in [6.45, 7) is 5.08. The molecular weight excluding hydrogens is 290 g/mol. The monoisotopic (exact) mass is 306 g/mol. The van der Waals surface area contributed by atoms with Gasteiger partial charge in [0.25, 0.3) is 0 Å². The van der Waals surface area contributed by atoms with E-state index in [9.17, 15) is 19.8 Å². The largest absolute Gasteiger partial charge is 1.00 e. The summed E-state index contributed by atoms with van der Waals surface area (Å²) < 4.78 is 0. The minimum absolute atomic E-state index is 0. The Balaban J connectivity index is 0. The predicted molar refractivity (Wildman–Crippen MR) is 66.8 cm³/mol. The van der Waals surface area contributed by atoms with Gasteiger partial charge in [-0.15, -0.1) is 0 Å². The van der Waals surface area contributed by atoms with Crippen LogP contribution in [-0.4, -0.2) is 11.9 Å². The Kier molecular flexibility index (Phi) is 11.7. The Labute approximate surface area is 169 Å². The third-order valence-electron chi connectivity index (χ3n) is 3.00. The maximum absolute atomic E-state index is 11.2. The van der Waals surface area contributed by atoms with Crippen molar-refractivity contribution in [3.8, 4) is 0 Å². The summed E-state index contributed by atoms with van der Waals surface area (Å²) in [6, 6.07) is 7.23. The number of hydrogen-bond acceptors (Lipinski definition) is 4. The second kappa shape index (κ2) is 10.6. The van der Waals surface area contributed by atoms with Crippen LogP contribution < -0.4 is 69.3 Å². The first-order valence-corrected chi connectivity index (χ1v) is 6.04. The molecule has 0 saturated heterocycles. The molecule has 0 saturated carbocycles. The van der Waals surface area contributed by atoms with Gasteiger partial charge < -0.3 is 19.8 Å². The van der Waals surface area contributed by atoms with E-state index < -0.39 is 17.9 Å². The topological polar surface area (TPSA) is 80.3 Å². The summed E-state index contributed by atoms with van der Waals surface area (Å²) in [4.78, 5) is 22.3. The molecule has 0 amide bonds. The zero-order chi connectivity index (χ0) is 14.6. The van der Waals surface area contributed by atoms with Crippen molar-refractivity contribution in [3.05, 3.63) is 46.5 Å². The normalized spacial score (nSPS) is 11.0. The molecule has 0 atom stereocenters. The number of aliphatic carboxylic acids is 2. The Morgan fingerprint density at radius 1 is 1.05 bits per heavy atom. The van der Waals surface area contributed by atoms with Crippen LogP contribution in [0, 0.1) is 12.8 Å². The first kappa shape index (κ1) is 23.2. The maximum Gasteiger partial charge on any atom is 1.00 e. The fourth-order valence-electron chi connectivity index (χ4n) is 1.98. The zero-order valence-corrected chi connectivity index (χ0v) is 17.2. The van der Waals surface area contributed by atoms with Crippen molar-refractivity contribution in [2.45, 2.75) is 27.2 Å². The predicted octanol–water partition coefficient (Wildman–Crippen LogP) is -6.00. The summed E-state index contributed by atoms with van der Waals surface area (Å²) in [5.41, 5.74) is 1.25.